The minimum Gasteiger partial charge on any atom is -0.270 e. The molecule has 0 atom stereocenters. The summed E-state index contributed by atoms with van der Waals surface area (Å²) in [6, 6.07) is 3.13. The van der Waals surface area contributed by atoms with Crippen LogP contribution in [0.15, 0.2) is 23.1 Å². The zero-order valence-electron chi connectivity index (χ0n) is 8.50. The molecule has 0 heterocycles. The Balaban J connectivity index is 3.61. The summed E-state index contributed by atoms with van der Waals surface area (Å²) < 4.78 is 64.6. The third kappa shape index (κ3) is 2.35. The van der Waals surface area contributed by atoms with E-state index in [2.05, 4.69) is 4.18 Å². The highest BCUT2D eigenvalue weighted by molar-refractivity contribution is 7.86. The molecule has 0 N–H and O–H groups in total. The Bertz CT molecular complexity index is 491. The highest BCUT2D eigenvalue weighted by Gasteiger charge is 2.38. The summed E-state index contributed by atoms with van der Waals surface area (Å²) in [6.07, 6.45) is -4.73. The zero-order valence-corrected chi connectivity index (χ0v) is 9.32. The Morgan fingerprint density at radius 3 is 2.25 bits per heavy atom. The van der Waals surface area contributed by atoms with Crippen LogP contribution in [0.4, 0.5) is 13.2 Å². The summed E-state index contributed by atoms with van der Waals surface area (Å²) in [7, 11) is -3.54. The van der Waals surface area contributed by atoms with E-state index in [1.165, 1.54) is 13.0 Å². The van der Waals surface area contributed by atoms with Crippen molar-refractivity contribution in [2.24, 2.45) is 0 Å². The van der Waals surface area contributed by atoms with E-state index < -0.39 is 26.8 Å². The Hall–Kier alpha value is -1.08. The average molecular weight is 254 g/mol. The number of aryl methyl sites for hydroxylation is 1. The van der Waals surface area contributed by atoms with Gasteiger partial charge in [-0.2, -0.15) is 21.6 Å². The fourth-order valence-electron chi connectivity index (χ4n) is 1.29. The Kier molecular flexibility index (Phi) is 3.30. The minimum absolute atomic E-state index is 0.00308. The first-order valence-corrected chi connectivity index (χ1v) is 5.58. The molecule has 1 aromatic rings. The molecule has 0 saturated carbocycles. The van der Waals surface area contributed by atoms with Crippen LogP contribution >= 0.6 is 0 Å². The number of benzene rings is 1. The molecular weight excluding hydrogens is 245 g/mol. The van der Waals surface area contributed by atoms with Crippen LogP contribution in [-0.4, -0.2) is 15.5 Å². The second-order valence-electron chi connectivity index (χ2n) is 3.07. The van der Waals surface area contributed by atoms with Gasteiger partial charge in [-0.05, 0) is 18.6 Å². The zero-order chi connectivity index (χ0) is 12.6. The second-order valence-corrected chi connectivity index (χ2v) is 4.72. The molecule has 3 nitrogen and oxygen atoms in total. The molecule has 0 aliphatic heterocycles. The molecule has 0 aliphatic rings. The van der Waals surface area contributed by atoms with Gasteiger partial charge in [0.15, 0.2) is 0 Å². The maximum absolute atomic E-state index is 12.6. The van der Waals surface area contributed by atoms with Crippen molar-refractivity contribution in [3.05, 3.63) is 29.3 Å². The Morgan fingerprint density at radius 1 is 1.25 bits per heavy atom. The molecule has 0 unspecified atom stereocenters. The van der Waals surface area contributed by atoms with Gasteiger partial charge in [0.1, 0.15) is 4.90 Å². The second kappa shape index (κ2) is 4.06. The van der Waals surface area contributed by atoms with Crippen molar-refractivity contribution >= 4 is 10.1 Å². The molecule has 0 aliphatic carbocycles. The third-order valence-corrected chi connectivity index (χ3v) is 3.47. The lowest BCUT2D eigenvalue weighted by molar-refractivity contribution is -0.140. The summed E-state index contributed by atoms with van der Waals surface area (Å²) >= 11 is 0. The van der Waals surface area contributed by atoms with Crippen LogP contribution in [0, 0.1) is 6.92 Å². The van der Waals surface area contributed by atoms with Crippen LogP contribution < -0.4 is 0 Å². The van der Waals surface area contributed by atoms with Gasteiger partial charge in [0.25, 0.3) is 10.1 Å². The molecule has 1 rings (SSSR count). The minimum atomic E-state index is -4.73. The molecule has 0 radical (unpaired) electrons. The van der Waals surface area contributed by atoms with Crippen LogP contribution in [0.3, 0.4) is 0 Å². The number of hydrogen-bond donors (Lipinski definition) is 0. The van der Waals surface area contributed by atoms with Gasteiger partial charge in [-0.25, -0.2) is 0 Å². The quantitative estimate of drug-likeness (QED) is 0.761. The summed E-state index contributed by atoms with van der Waals surface area (Å²) in [5.41, 5.74) is -1.22. The maximum atomic E-state index is 12.6. The highest BCUT2D eigenvalue weighted by atomic mass is 32.2. The van der Waals surface area contributed by atoms with Crippen molar-refractivity contribution in [1.29, 1.82) is 0 Å². The largest absolute Gasteiger partial charge is 0.417 e. The van der Waals surface area contributed by atoms with Crippen molar-refractivity contribution in [3.8, 4) is 0 Å². The molecule has 1 aromatic carbocycles. The monoisotopic (exact) mass is 254 g/mol. The lowest BCUT2D eigenvalue weighted by Crippen LogP contribution is -2.15. The van der Waals surface area contributed by atoms with Gasteiger partial charge in [0.2, 0.25) is 0 Å². The SMILES string of the molecule is COS(=O)(=O)c1c(C)cccc1C(F)(F)F. The van der Waals surface area contributed by atoms with E-state index in [0.717, 1.165) is 13.2 Å². The number of hydrogen-bond acceptors (Lipinski definition) is 3. The molecule has 0 spiro atoms. The standard InChI is InChI=1S/C9H9F3O3S/c1-6-4-3-5-7(9(10,11)12)8(6)16(13,14)15-2/h3-5H,1-2H3. The van der Waals surface area contributed by atoms with Gasteiger partial charge in [0.05, 0.1) is 12.7 Å². The van der Waals surface area contributed by atoms with Crippen LogP contribution in [0.2, 0.25) is 0 Å². The van der Waals surface area contributed by atoms with Crippen molar-refractivity contribution < 1.29 is 25.8 Å². The van der Waals surface area contributed by atoms with E-state index >= 15 is 0 Å². The lowest BCUT2D eigenvalue weighted by Gasteiger charge is -2.13. The topological polar surface area (TPSA) is 43.4 Å². The van der Waals surface area contributed by atoms with E-state index in [1.54, 1.807) is 0 Å². The van der Waals surface area contributed by atoms with Crippen LogP contribution in [0.25, 0.3) is 0 Å². The van der Waals surface area contributed by atoms with Crippen LogP contribution in [-0.2, 0) is 20.5 Å². The molecular formula is C9H9F3O3S. The molecule has 0 bridgehead atoms. The lowest BCUT2D eigenvalue weighted by atomic mass is 10.1. The van der Waals surface area contributed by atoms with Gasteiger partial charge >= 0.3 is 6.18 Å². The first kappa shape index (κ1) is 13.0. The molecule has 0 aromatic heterocycles. The van der Waals surface area contributed by atoms with Gasteiger partial charge < -0.3 is 0 Å². The Labute approximate surface area is 91.0 Å². The third-order valence-electron chi connectivity index (χ3n) is 1.99. The van der Waals surface area contributed by atoms with Crippen molar-refractivity contribution in [2.75, 3.05) is 7.11 Å². The number of halogens is 3. The summed E-state index contributed by atoms with van der Waals surface area (Å²) in [4.78, 5) is -0.829. The average Bonchev–Trinajstić information content (AvgIpc) is 2.15. The number of rotatable bonds is 2. The predicted octanol–water partition coefficient (Wildman–Crippen LogP) is 2.35. The van der Waals surface area contributed by atoms with E-state index in [9.17, 15) is 21.6 Å². The first-order chi connectivity index (χ1) is 7.20. The maximum Gasteiger partial charge on any atom is 0.417 e. The fourth-order valence-corrected chi connectivity index (χ4v) is 2.37. The first-order valence-electron chi connectivity index (χ1n) is 4.17. The number of alkyl halides is 3. The molecule has 90 valence electrons. The Morgan fingerprint density at radius 2 is 1.81 bits per heavy atom. The molecule has 0 saturated heterocycles. The smallest absolute Gasteiger partial charge is 0.270 e. The van der Waals surface area contributed by atoms with E-state index in [4.69, 9.17) is 0 Å². The van der Waals surface area contributed by atoms with Gasteiger partial charge in [-0.3, -0.25) is 4.18 Å². The van der Waals surface area contributed by atoms with Gasteiger partial charge in [-0.1, -0.05) is 12.1 Å². The normalized spacial score (nSPS) is 12.8. The van der Waals surface area contributed by atoms with E-state index in [1.807, 2.05) is 0 Å². The fraction of sp³-hybridized carbons (Fsp3) is 0.333. The molecule has 0 amide bonds. The molecule has 0 fully saturated rings. The van der Waals surface area contributed by atoms with E-state index in [-0.39, 0.29) is 5.56 Å². The van der Waals surface area contributed by atoms with Crippen molar-refractivity contribution in [3.63, 3.8) is 0 Å². The van der Waals surface area contributed by atoms with Crippen molar-refractivity contribution in [2.45, 2.75) is 18.0 Å². The summed E-state index contributed by atoms with van der Waals surface area (Å²) in [5, 5.41) is 0. The molecule has 16 heavy (non-hydrogen) atoms. The van der Waals surface area contributed by atoms with Crippen LogP contribution in [0.1, 0.15) is 11.1 Å². The molecule has 7 heteroatoms. The van der Waals surface area contributed by atoms with Crippen LogP contribution in [0.5, 0.6) is 0 Å². The van der Waals surface area contributed by atoms with Crippen molar-refractivity contribution in [1.82, 2.24) is 0 Å². The van der Waals surface area contributed by atoms with Gasteiger partial charge in [-0.15, -0.1) is 0 Å². The highest BCUT2D eigenvalue weighted by Crippen LogP contribution is 2.36. The summed E-state index contributed by atoms with van der Waals surface area (Å²) in [5.74, 6) is 0. The van der Waals surface area contributed by atoms with Gasteiger partial charge in [0, 0.05) is 0 Å². The summed E-state index contributed by atoms with van der Waals surface area (Å²) in [6.45, 7) is 1.28. The van der Waals surface area contributed by atoms with E-state index in [0.29, 0.717) is 6.07 Å². The predicted molar refractivity (Wildman–Crippen MR) is 50.4 cm³/mol.